The molecule has 2 N–H and O–H groups in total. The van der Waals surface area contributed by atoms with Gasteiger partial charge >= 0.3 is 0 Å². The number of aromatic nitrogens is 3. The van der Waals surface area contributed by atoms with Crippen LogP contribution in [0.3, 0.4) is 0 Å². The van der Waals surface area contributed by atoms with E-state index in [9.17, 15) is 0 Å². The topological polar surface area (TPSA) is 64.7 Å². The molecule has 0 amide bonds. The standard InChI is InChI=1S/C15H20N4/c1-10-5-7-11(8-6-10)9-12-17-13(15(2,3)4)19-14(16)18-12/h5-8H,9H2,1-4H3,(H2,16,17,18,19). The number of aryl methyl sites for hydroxylation is 1. The van der Waals surface area contributed by atoms with E-state index in [0.29, 0.717) is 12.4 Å². The third-order valence-electron chi connectivity index (χ3n) is 2.85. The summed E-state index contributed by atoms with van der Waals surface area (Å²) in [5, 5.41) is 0. The Labute approximate surface area is 114 Å². The molecule has 1 heterocycles. The van der Waals surface area contributed by atoms with Gasteiger partial charge in [0.1, 0.15) is 11.6 Å². The molecule has 0 saturated heterocycles. The Hall–Kier alpha value is -1.97. The fourth-order valence-corrected chi connectivity index (χ4v) is 1.74. The molecule has 1 aromatic carbocycles. The van der Waals surface area contributed by atoms with Crippen LogP contribution in [0.4, 0.5) is 5.95 Å². The van der Waals surface area contributed by atoms with Gasteiger partial charge in [0.15, 0.2) is 0 Å². The molecule has 0 aliphatic carbocycles. The second-order valence-electron chi connectivity index (χ2n) is 5.85. The Kier molecular flexibility index (Phi) is 3.51. The summed E-state index contributed by atoms with van der Waals surface area (Å²) in [5.41, 5.74) is 8.07. The molecule has 0 radical (unpaired) electrons. The van der Waals surface area contributed by atoms with Crippen molar-refractivity contribution < 1.29 is 0 Å². The van der Waals surface area contributed by atoms with Gasteiger partial charge in [-0.05, 0) is 12.5 Å². The summed E-state index contributed by atoms with van der Waals surface area (Å²) < 4.78 is 0. The van der Waals surface area contributed by atoms with E-state index in [4.69, 9.17) is 5.73 Å². The molecule has 0 bridgehead atoms. The van der Waals surface area contributed by atoms with Crippen LogP contribution >= 0.6 is 0 Å². The number of nitrogens with two attached hydrogens (primary N) is 1. The lowest BCUT2D eigenvalue weighted by atomic mass is 9.96. The van der Waals surface area contributed by atoms with Gasteiger partial charge in [0, 0.05) is 11.8 Å². The lowest BCUT2D eigenvalue weighted by Gasteiger charge is -2.17. The minimum atomic E-state index is -0.126. The van der Waals surface area contributed by atoms with Gasteiger partial charge in [-0.15, -0.1) is 0 Å². The van der Waals surface area contributed by atoms with Crippen molar-refractivity contribution in [2.24, 2.45) is 0 Å². The van der Waals surface area contributed by atoms with Gasteiger partial charge in [0.2, 0.25) is 5.95 Å². The number of hydrogen-bond donors (Lipinski definition) is 1. The largest absolute Gasteiger partial charge is 0.368 e. The monoisotopic (exact) mass is 256 g/mol. The lowest BCUT2D eigenvalue weighted by Crippen LogP contribution is -2.19. The van der Waals surface area contributed by atoms with Crippen molar-refractivity contribution in [2.75, 3.05) is 5.73 Å². The summed E-state index contributed by atoms with van der Waals surface area (Å²) in [6, 6.07) is 8.35. The maximum atomic E-state index is 5.77. The van der Waals surface area contributed by atoms with E-state index < -0.39 is 0 Å². The molecule has 0 spiro atoms. The molecular formula is C15H20N4. The van der Waals surface area contributed by atoms with Crippen molar-refractivity contribution >= 4 is 5.95 Å². The van der Waals surface area contributed by atoms with Gasteiger partial charge < -0.3 is 5.73 Å². The van der Waals surface area contributed by atoms with Crippen molar-refractivity contribution in [3.8, 4) is 0 Å². The molecule has 0 aliphatic rings. The van der Waals surface area contributed by atoms with Gasteiger partial charge in [-0.25, -0.2) is 4.98 Å². The predicted molar refractivity (Wildman–Crippen MR) is 76.9 cm³/mol. The third-order valence-corrected chi connectivity index (χ3v) is 2.85. The first-order valence-corrected chi connectivity index (χ1v) is 6.41. The fourth-order valence-electron chi connectivity index (χ4n) is 1.74. The molecule has 0 atom stereocenters. The van der Waals surface area contributed by atoms with Crippen LogP contribution in [0.2, 0.25) is 0 Å². The molecule has 2 aromatic rings. The van der Waals surface area contributed by atoms with E-state index in [1.165, 1.54) is 11.1 Å². The van der Waals surface area contributed by atoms with Gasteiger partial charge in [-0.3, -0.25) is 0 Å². The number of nitrogen functional groups attached to an aromatic ring is 1. The van der Waals surface area contributed by atoms with E-state index in [1.807, 2.05) is 0 Å². The highest BCUT2D eigenvalue weighted by atomic mass is 15.1. The molecule has 1 aromatic heterocycles. The van der Waals surface area contributed by atoms with E-state index in [2.05, 4.69) is 66.9 Å². The zero-order chi connectivity index (χ0) is 14.0. The molecule has 0 aliphatic heterocycles. The van der Waals surface area contributed by atoms with Gasteiger partial charge in [0.05, 0.1) is 0 Å². The molecule has 0 fully saturated rings. The van der Waals surface area contributed by atoms with Gasteiger partial charge in [-0.1, -0.05) is 50.6 Å². The summed E-state index contributed by atoms with van der Waals surface area (Å²) in [6.45, 7) is 8.27. The first kappa shape index (κ1) is 13.5. The van der Waals surface area contributed by atoms with E-state index in [-0.39, 0.29) is 5.41 Å². The molecule has 0 unspecified atom stereocenters. The maximum Gasteiger partial charge on any atom is 0.223 e. The Morgan fingerprint density at radius 1 is 1.00 bits per heavy atom. The summed E-state index contributed by atoms with van der Waals surface area (Å²) in [4.78, 5) is 13.0. The van der Waals surface area contributed by atoms with Crippen molar-refractivity contribution in [3.63, 3.8) is 0 Å². The summed E-state index contributed by atoms with van der Waals surface area (Å²) in [7, 11) is 0. The SMILES string of the molecule is Cc1ccc(Cc2nc(N)nc(C(C)(C)C)n2)cc1. The van der Waals surface area contributed by atoms with Crippen LogP contribution in [0.1, 0.15) is 43.5 Å². The average molecular weight is 256 g/mol. The third kappa shape index (κ3) is 3.50. The van der Waals surface area contributed by atoms with Gasteiger partial charge in [-0.2, -0.15) is 9.97 Å². The Balaban J connectivity index is 2.30. The van der Waals surface area contributed by atoms with Crippen LogP contribution < -0.4 is 5.73 Å². The van der Waals surface area contributed by atoms with Crippen LogP contribution in [0.25, 0.3) is 0 Å². The zero-order valence-electron chi connectivity index (χ0n) is 11.9. The fraction of sp³-hybridized carbons (Fsp3) is 0.400. The van der Waals surface area contributed by atoms with Crippen molar-refractivity contribution in [3.05, 3.63) is 47.0 Å². The van der Waals surface area contributed by atoms with Crippen LogP contribution in [0.15, 0.2) is 24.3 Å². The van der Waals surface area contributed by atoms with Crippen LogP contribution in [-0.4, -0.2) is 15.0 Å². The highest BCUT2D eigenvalue weighted by molar-refractivity contribution is 5.26. The highest BCUT2D eigenvalue weighted by Gasteiger charge is 2.19. The first-order chi connectivity index (χ1) is 8.84. The number of benzene rings is 1. The highest BCUT2D eigenvalue weighted by Crippen LogP contribution is 2.19. The molecule has 19 heavy (non-hydrogen) atoms. The molecule has 0 saturated carbocycles. The summed E-state index contributed by atoms with van der Waals surface area (Å²) >= 11 is 0. The van der Waals surface area contributed by atoms with Crippen molar-refractivity contribution in [1.29, 1.82) is 0 Å². The molecular weight excluding hydrogens is 236 g/mol. The van der Waals surface area contributed by atoms with Crippen LogP contribution in [0.5, 0.6) is 0 Å². The van der Waals surface area contributed by atoms with E-state index in [0.717, 1.165) is 11.6 Å². The molecule has 100 valence electrons. The van der Waals surface area contributed by atoms with E-state index in [1.54, 1.807) is 0 Å². The number of hydrogen-bond acceptors (Lipinski definition) is 4. The minimum Gasteiger partial charge on any atom is -0.368 e. The quantitative estimate of drug-likeness (QED) is 0.897. The average Bonchev–Trinajstić information content (AvgIpc) is 2.30. The minimum absolute atomic E-state index is 0.126. The molecule has 4 nitrogen and oxygen atoms in total. The Morgan fingerprint density at radius 2 is 1.63 bits per heavy atom. The summed E-state index contributed by atoms with van der Waals surface area (Å²) in [6.07, 6.45) is 0.677. The van der Waals surface area contributed by atoms with Crippen molar-refractivity contribution in [1.82, 2.24) is 15.0 Å². The van der Waals surface area contributed by atoms with E-state index >= 15 is 0 Å². The smallest absolute Gasteiger partial charge is 0.223 e. The molecule has 4 heteroatoms. The van der Waals surface area contributed by atoms with Crippen LogP contribution in [0, 0.1) is 6.92 Å². The second-order valence-corrected chi connectivity index (χ2v) is 5.85. The number of anilines is 1. The zero-order valence-corrected chi connectivity index (χ0v) is 11.9. The summed E-state index contributed by atoms with van der Waals surface area (Å²) in [5.74, 6) is 1.76. The van der Waals surface area contributed by atoms with Crippen molar-refractivity contribution in [2.45, 2.75) is 39.5 Å². The van der Waals surface area contributed by atoms with Crippen LogP contribution in [-0.2, 0) is 11.8 Å². The number of rotatable bonds is 2. The Morgan fingerprint density at radius 3 is 2.21 bits per heavy atom. The first-order valence-electron chi connectivity index (χ1n) is 6.41. The number of nitrogens with zero attached hydrogens (tertiary/aromatic N) is 3. The lowest BCUT2D eigenvalue weighted by molar-refractivity contribution is 0.538. The Bertz CT molecular complexity index is 568. The predicted octanol–water partition coefficient (Wildman–Crippen LogP) is 2.65. The second kappa shape index (κ2) is 4.96. The molecule has 2 rings (SSSR count). The van der Waals surface area contributed by atoms with Gasteiger partial charge in [0.25, 0.3) is 0 Å². The normalized spacial score (nSPS) is 11.6. The maximum absolute atomic E-state index is 5.77.